The maximum Gasteiger partial charge on any atom is 0.406 e. The largest absolute Gasteiger partial charge is 0.461 e. The molecule has 1 heterocycles. The molecule has 10 heteroatoms. The highest BCUT2D eigenvalue weighted by Gasteiger charge is 2.41. The lowest BCUT2D eigenvalue weighted by Crippen LogP contribution is -2.35. The Bertz CT molecular complexity index is 645. The summed E-state index contributed by atoms with van der Waals surface area (Å²) in [6.07, 6.45) is -4.84. The molecule has 1 aromatic carbocycles. The fourth-order valence-electron chi connectivity index (χ4n) is 2.29. The molecule has 0 N–H and O–H groups in total. The minimum atomic E-state index is -4.52. The number of hydrogen-bond acceptors (Lipinski definition) is 5. The molecule has 1 saturated heterocycles. The van der Waals surface area contributed by atoms with E-state index in [-0.39, 0.29) is 25.3 Å². The number of esters is 1. The van der Waals surface area contributed by atoms with Crippen molar-refractivity contribution < 1.29 is 32.4 Å². The van der Waals surface area contributed by atoms with Gasteiger partial charge in [0.1, 0.15) is 13.2 Å². The minimum absolute atomic E-state index is 0.116. The quantitative estimate of drug-likeness (QED) is 0.462. The summed E-state index contributed by atoms with van der Waals surface area (Å²) < 4.78 is 41.9. The van der Waals surface area contributed by atoms with Crippen LogP contribution in [0.1, 0.15) is 12.0 Å². The first-order chi connectivity index (χ1) is 11.2. The van der Waals surface area contributed by atoms with Gasteiger partial charge in [0.05, 0.1) is 10.8 Å². The van der Waals surface area contributed by atoms with Crippen molar-refractivity contribution in [3.8, 4) is 0 Å². The van der Waals surface area contributed by atoms with Gasteiger partial charge in [0.2, 0.25) is 5.91 Å². The summed E-state index contributed by atoms with van der Waals surface area (Å²) in [4.78, 5) is 33.9. The summed E-state index contributed by atoms with van der Waals surface area (Å²) in [6, 6.07) is 5.29. The number of nitrogens with zero attached hydrogens (tertiary/aromatic N) is 2. The Morgan fingerprint density at radius 2 is 1.96 bits per heavy atom. The number of carbonyl (C=O) groups excluding carboxylic acids is 2. The maximum atomic E-state index is 12.3. The van der Waals surface area contributed by atoms with Crippen LogP contribution >= 0.6 is 0 Å². The van der Waals surface area contributed by atoms with Gasteiger partial charge in [0.15, 0.2) is 0 Å². The molecule has 0 bridgehead atoms. The van der Waals surface area contributed by atoms with Gasteiger partial charge in [-0.05, 0) is 17.7 Å². The number of non-ortho nitro benzene ring substituents is 1. The van der Waals surface area contributed by atoms with Crippen LogP contribution in [0.4, 0.5) is 18.9 Å². The number of nitro benzene ring substituents is 1. The predicted octanol–water partition coefficient (Wildman–Crippen LogP) is 2.05. The molecule has 0 aliphatic carbocycles. The first-order valence-corrected chi connectivity index (χ1v) is 6.90. The van der Waals surface area contributed by atoms with E-state index in [2.05, 4.69) is 0 Å². The smallest absolute Gasteiger partial charge is 0.406 e. The van der Waals surface area contributed by atoms with Crippen LogP contribution in [-0.4, -0.2) is 41.0 Å². The van der Waals surface area contributed by atoms with Gasteiger partial charge in [-0.3, -0.25) is 19.7 Å². The molecule has 0 saturated carbocycles. The van der Waals surface area contributed by atoms with E-state index in [0.717, 1.165) is 0 Å². The number of hydrogen-bond donors (Lipinski definition) is 0. The summed E-state index contributed by atoms with van der Waals surface area (Å²) in [5.74, 6) is -2.46. The first kappa shape index (κ1) is 17.7. The van der Waals surface area contributed by atoms with Crippen molar-refractivity contribution in [2.75, 3.05) is 13.1 Å². The van der Waals surface area contributed by atoms with Crippen molar-refractivity contribution in [3.63, 3.8) is 0 Å². The van der Waals surface area contributed by atoms with Crippen LogP contribution in [-0.2, 0) is 20.9 Å². The molecular formula is C14H13F3N2O5. The Balaban J connectivity index is 1.87. The Labute approximate surface area is 134 Å². The third-order valence-corrected chi connectivity index (χ3v) is 3.45. The van der Waals surface area contributed by atoms with Gasteiger partial charge in [-0.15, -0.1) is 0 Å². The second-order valence-corrected chi connectivity index (χ2v) is 5.32. The summed E-state index contributed by atoms with van der Waals surface area (Å²) >= 11 is 0. The molecule has 1 atom stereocenters. The van der Waals surface area contributed by atoms with Crippen LogP contribution in [0.3, 0.4) is 0 Å². The number of alkyl halides is 3. The van der Waals surface area contributed by atoms with Crippen LogP contribution in [0, 0.1) is 16.0 Å². The van der Waals surface area contributed by atoms with Crippen LogP contribution in [0.15, 0.2) is 24.3 Å². The lowest BCUT2D eigenvalue weighted by molar-refractivity contribution is -0.384. The van der Waals surface area contributed by atoms with Gasteiger partial charge in [0.25, 0.3) is 5.69 Å². The zero-order valence-electron chi connectivity index (χ0n) is 12.3. The fraction of sp³-hybridized carbons (Fsp3) is 0.429. The summed E-state index contributed by atoms with van der Waals surface area (Å²) in [6.45, 7) is -1.91. The highest BCUT2D eigenvalue weighted by atomic mass is 19.4. The molecule has 0 aromatic heterocycles. The molecule has 1 aliphatic rings. The zero-order chi connectivity index (χ0) is 17.9. The van der Waals surface area contributed by atoms with Crippen molar-refractivity contribution in [1.29, 1.82) is 0 Å². The molecule has 24 heavy (non-hydrogen) atoms. The molecule has 1 unspecified atom stereocenters. The van der Waals surface area contributed by atoms with E-state index in [4.69, 9.17) is 4.74 Å². The number of carbonyl (C=O) groups is 2. The summed E-state index contributed by atoms with van der Waals surface area (Å²) in [5.41, 5.74) is 0.375. The Hall–Kier alpha value is -2.65. The van der Waals surface area contributed by atoms with Crippen molar-refractivity contribution in [2.24, 2.45) is 5.92 Å². The molecule has 2 rings (SSSR count). The molecule has 1 amide bonds. The average molecular weight is 346 g/mol. The fourth-order valence-corrected chi connectivity index (χ4v) is 2.29. The molecule has 1 aromatic rings. The van der Waals surface area contributed by atoms with E-state index in [0.29, 0.717) is 10.5 Å². The average Bonchev–Trinajstić information content (AvgIpc) is 2.84. The Morgan fingerprint density at radius 3 is 2.50 bits per heavy atom. The molecule has 7 nitrogen and oxygen atoms in total. The van der Waals surface area contributed by atoms with Crippen LogP contribution in [0.25, 0.3) is 0 Å². The van der Waals surface area contributed by atoms with E-state index in [9.17, 15) is 32.9 Å². The molecule has 0 spiro atoms. The zero-order valence-corrected chi connectivity index (χ0v) is 12.3. The van der Waals surface area contributed by atoms with E-state index in [1.54, 1.807) is 0 Å². The third-order valence-electron chi connectivity index (χ3n) is 3.45. The number of nitro groups is 1. The van der Waals surface area contributed by atoms with Crippen molar-refractivity contribution >= 4 is 17.6 Å². The number of rotatable bonds is 5. The number of halogens is 3. The monoisotopic (exact) mass is 346 g/mol. The second-order valence-electron chi connectivity index (χ2n) is 5.32. The number of benzene rings is 1. The number of amides is 1. The van der Waals surface area contributed by atoms with Crippen molar-refractivity contribution in [1.82, 2.24) is 4.90 Å². The molecule has 1 aliphatic heterocycles. The van der Waals surface area contributed by atoms with Gasteiger partial charge in [-0.2, -0.15) is 13.2 Å². The predicted molar refractivity (Wildman–Crippen MR) is 73.6 cm³/mol. The standard InChI is InChI=1S/C14H13F3N2O5/c15-14(16,17)8-18-6-10(5-12(18)20)13(21)24-7-9-1-3-11(4-2-9)19(22)23/h1-4,10H,5-8H2. The normalized spacial score (nSPS) is 17.9. The lowest BCUT2D eigenvalue weighted by Gasteiger charge is -2.18. The van der Waals surface area contributed by atoms with Crippen molar-refractivity contribution in [3.05, 3.63) is 39.9 Å². The van der Waals surface area contributed by atoms with Gasteiger partial charge in [-0.25, -0.2) is 0 Å². The van der Waals surface area contributed by atoms with Crippen LogP contribution < -0.4 is 0 Å². The van der Waals surface area contributed by atoms with Gasteiger partial charge < -0.3 is 9.64 Å². The Kier molecular flexibility index (Phi) is 5.05. The van der Waals surface area contributed by atoms with Crippen LogP contribution in [0.2, 0.25) is 0 Å². The molecule has 1 fully saturated rings. The third kappa shape index (κ3) is 4.67. The lowest BCUT2D eigenvalue weighted by atomic mass is 10.1. The van der Waals surface area contributed by atoms with Gasteiger partial charge in [-0.1, -0.05) is 0 Å². The Morgan fingerprint density at radius 1 is 1.33 bits per heavy atom. The highest BCUT2D eigenvalue weighted by Crippen LogP contribution is 2.25. The van der Waals surface area contributed by atoms with E-state index < -0.39 is 35.4 Å². The van der Waals surface area contributed by atoms with Crippen molar-refractivity contribution in [2.45, 2.75) is 19.2 Å². The molecule has 130 valence electrons. The SMILES string of the molecule is O=C(OCc1ccc([N+](=O)[O-])cc1)C1CC(=O)N(CC(F)(F)F)C1. The number of likely N-dealkylation sites (tertiary alicyclic amines) is 1. The molecular weight excluding hydrogens is 333 g/mol. The van der Waals surface area contributed by atoms with Crippen LogP contribution in [0.5, 0.6) is 0 Å². The van der Waals surface area contributed by atoms with Gasteiger partial charge >= 0.3 is 12.1 Å². The second kappa shape index (κ2) is 6.85. The maximum absolute atomic E-state index is 12.3. The summed E-state index contributed by atoms with van der Waals surface area (Å²) in [7, 11) is 0. The molecule has 0 radical (unpaired) electrons. The van der Waals surface area contributed by atoms with E-state index in [1.807, 2.05) is 0 Å². The van der Waals surface area contributed by atoms with E-state index >= 15 is 0 Å². The topological polar surface area (TPSA) is 89.7 Å². The first-order valence-electron chi connectivity index (χ1n) is 6.90. The summed E-state index contributed by atoms with van der Waals surface area (Å²) in [5, 5.41) is 10.5. The highest BCUT2D eigenvalue weighted by molar-refractivity contribution is 5.86. The van der Waals surface area contributed by atoms with Gasteiger partial charge in [0, 0.05) is 25.1 Å². The van der Waals surface area contributed by atoms with E-state index in [1.165, 1.54) is 24.3 Å². The number of ether oxygens (including phenoxy) is 1. The minimum Gasteiger partial charge on any atom is -0.461 e.